The molecule has 0 aromatic carbocycles. The van der Waals surface area contributed by atoms with Crippen LogP contribution in [0.25, 0.3) is 0 Å². The first-order valence-electron chi connectivity index (χ1n) is 6.65. The van der Waals surface area contributed by atoms with Crippen molar-refractivity contribution in [1.29, 1.82) is 0 Å². The predicted octanol–water partition coefficient (Wildman–Crippen LogP) is 2.41. The minimum atomic E-state index is -0.606. The quantitative estimate of drug-likeness (QED) is 0.775. The highest BCUT2D eigenvalue weighted by Gasteiger charge is 2.30. The first kappa shape index (κ1) is 11.9. The Balaban J connectivity index is 1.83. The summed E-state index contributed by atoms with van der Waals surface area (Å²) in [5.74, 6) is 0.0548. The lowest BCUT2D eigenvalue weighted by Gasteiger charge is -2.31. The molecule has 0 aromatic heterocycles. The van der Waals surface area contributed by atoms with E-state index in [4.69, 9.17) is 5.11 Å². The molecule has 4 atom stereocenters. The fourth-order valence-corrected chi connectivity index (χ4v) is 3.26. The Labute approximate surface area is 97.6 Å². The molecule has 0 heterocycles. The Bertz CT molecular complexity index is 254. The maximum Gasteiger partial charge on any atom is 0.306 e. The van der Waals surface area contributed by atoms with Gasteiger partial charge in [-0.05, 0) is 38.0 Å². The van der Waals surface area contributed by atoms with Gasteiger partial charge in [-0.1, -0.05) is 19.8 Å². The number of carboxylic acids is 1. The van der Waals surface area contributed by atoms with Crippen molar-refractivity contribution in [2.24, 2.45) is 11.8 Å². The van der Waals surface area contributed by atoms with Crippen LogP contribution in [0.1, 0.15) is 51.9 Å². The monoisotopic (exact) mass is 225 g/mol. The van der Waals surface area contributed by atoms with Crippen LogP contribution in [0.15, 0.2) is 0 Å². The van der Waals surface area contributed by atoms with Crippen LogP contribution in [0.5, 0.6) is 0 Å². The molecular weight excluding hydrogens is 202 g/mol. The van der Waals surface area contributed by atoms with Gasteiger partial charge in [0.25, 0.3) is 0 Å². The van der Waals surface area contributed by atoms with Crippen LogP contribution in [0.3, 0.4) is 0 Å². The summed E-state index contributed by atoms with van der Waals surface area (Å²) in [6.07, 6.45) is 7.85. The number of hydrogen-bond acceptors (Lipinski definition) is 2. The number of nitrogens with one attached hydrogen (secondary N) is 1. The first-order chi connectivity index (χ1) is 7.66. The lowest BCUT2D eigenvalue weighted by atomic mass is 9.85. The molecule has 16 heavy (non-hydrogen) atoms. The topological polar surface area (TPSA) is 49.3 Å². The summed E-state index contributed by atoms with van der Waals surface area (Å²) in [4.78, 5) is 11.0. The van der Waals surface area contributed by atoms with Crippen molar-refractivity contribution in [3.05, 3.63) is 0 Å². The molecule has 0 aliphatic heterocycles. The molecule has 3 heteroatoms. The van der Waals surface area contributed by atoms with Crippen molar-refractivity contribution >= 4 is 5.97 Å². The largest absolute Gasteiger partial charge is 0.481 e. The van der Waals surface area contributed by atoms with Crippen LogP contribution >= 0.6 is 0 Å². The minimum absolute atomic E-state index is 0.108. The van der Waals surface area contributed by atoms with Gasteiger partial charge >= 0.3 is 5.97 Å². The summed E-state index contributed by atoms with van der Waals surface area (Å²) >= 11 is 0. The van der Waals surface area contributed by atoms with E-state index in [1.54, 1.807) is 0 Å². The molecular formula is C13H23NO2. The Hall–Kier alpha value is -0.570. The van der Waals surface area contributed by atoms with E-state index in [1.165, 1.54) is 19.3 Å². The zero-order valence-corrected chi connectivity index (χ0v) is 10.1. The third-order valence-corrected chi connectivity index (χ3v) is 4.33. The van der Waals surface area contributed by atoms with Crippen molar-refractivity contribution in [2.75, 3.05) is 0 Å². The molecule has 0 radical (unpaired) electrons. The SMILES string of the molecule is CC1CCCC1NC1CCCC(C(=O)O)C1. The number of carboxylic acid groups (broad SMARTS) is 1. The molecule has 0 saturated heterocycles. The van der Waals surface area contributed by atoms with Gasteiger partial charge in [-0.3, -0.25) is 4.79 Å². The van der Waals surface area contributed by atoms with E-state index in [2.05, 4.69) is 12.2 Å². The second-order valence-electron chi connectivity index (χ2n) is 5.58. The molecule has 2 aliphatic carbocycles. The summed E-state index contributed by atoms with van der Waals surface area (Å²) < 4.78 is 0. The van der Waals surface area contributed by atoms with Crippen molar-refractivity contribution in [2.45, 2.75) is 64.0 Å². The lowest BCUT2D eigenvalue weighted by Crippen LogP contribution is -2.43. The molecule has 4 unspecified atom stereocenters. The second-order valence-corrected chi connectivity index (χ2v) is 5.58. The van der Waals surface area contributed by atoms with Crippen LogP contribution in [0, 0.1) is 11.8 Å². The fraction of sp³-hybridized carbons (Fsp3) is 0.923. The summed E-state index contributed by atoms with van der Waals surface area (Å²) in [5, 5.41) is 12.7. The molecule has 92 valence electrons. The van der Waals surface area contributed by atoms with Gasteiger partial charge in [0.2, 0.25) is 0 Å². The van der Waals surface area contributed by atoms with Crippen LogP contribution in [-0.4, -0.2) is 23.2 Å². The number of rotatable bonds is 3. The van der Waals surface area contributed by atoms with Gasteiger partial charge in [-0.25, -0.2) is 0 Å². The molecule has 0 aromatic rings. The fourth-order valence-electron chi connectivity index (χ4n) is 3.26. The molecule has 2 rings (SSSR count). The minimum Gasteiger partial charge on any atom is -0.481 e. The summed E-state index contributed by atoms with van der Waals surface area (Å²) in [7, 11) is 0. The molecule has 3 nitrogen and oxygen atoms in total. The van der Waals surface area contributed by atoms with Crippen molar-refractivity contribution in [3.63, 3.8) is 0 Å². The summed E-state index contributed by atoms with van der Waals surface area (Å²) in [6.45, 7) is 2.31. The Kier molecular flexibility index (Phi) is 3.85. The van der Waals surface area contributed by atoms with Gasteiger partial charge in [-0.2, -0.15) is 0 Å². The molecule has 2 saturated carbocycles. The van der Waals surface area contributed by atoms with Gasteiger partial charge in [0, 0.05) is 12.1 Å². The normalized spacial score (nSPS) is 39.8. The number of carbonyl (C=O) groups is 1. The average Bonchev–Trinajstić information content (AvgIpc) is 2.65. The van der Waals surface area contributed by atoms with Crippen molar-refractivity contribution in [1.82, 2.24) is 5.32 Å². The first-order valence-corrected chi connectivity index (χ1v) is 6.65. The lowest BCUT2D eigenvalue weighted by molar-refractivity contribution is -0.143. The van der Waals surface area contributed by atoms with Crippen molar-refractivity contribution in [3.8, 4) is 0 Å². The van der Waals surface area contributed by atoms with Gasteiger partial charge in [0.15, 0.2) is 0 Å². The molecule has 2 fully saturated rings. The molecule has 0 bridgehead atoms. The number of aliphatic carboxylic acids is 1. The van der Waals surface area contributed by atoms with Crippen LogP contribution in [-0.2, 0) is 4.79 Å². The molecule has 0 spiro atoms. The molecule has 2 aliphatic rings. The molecule has 0 amide bonds. The Morgan fingerprint density at radius 1 is 1.19 bits per heavy atom. The second kappa shape index (κ2) is 5.17. The van der Waals surface area contributed by atoms with E-state index in [9.17, 15) is 4.79 Å². The van der Waals surface area contributed by atoms with E-state index in [1.807, 2.05) is 0 Å². The van der Waals surface area contributed by atoms with Gasteiger partial charge < -0.3 is 10.4 Å². The predicted molar refractivity (Wildman–Crippen MR) is 63.3 cm³/mol. The van der Waals surface area contributed by atoms with Crippen LogP contribution in [0.4, 0.5) is 0 Å². The Morgan fingerprint density at radius 3 is 2.56 bits per heavy atom. The summed E-state index contributed by atoms with van der Waals surface area (Å²) in [5.41, 5.74) is 0. The van der Waals surface area contributed by atoms with E-state index in [-0.39, 0.29) is 5.92 Å². The molecule has 2 N–H and O–H groups in total. The maximum atomic E-state index is 11.0. The van der Waals surface area contributed by atoms with E-state index >= 15 is 0 Å². The highest BCUT2D eigenvalue weighted by Crippen LogP contribution is 2.29. The standard InChI is InChI=1S/C13H23NO2/c1-9-4-2-7-12(9)14-11-6-3-5-10(8-11)13(15)16/h9-12,14H,2-8H2,1H3,(H,15,16). The van der Waals surface area contributed by atoms with E-state index in [0.717, 1.165) is 31.6 Å². The van der Waals surface area contributed by atoms with Gasteiger partial charge in [0.05, 0.1) is 5.92 Å². The summed E-state index contributed by atoms with van der Waals surface area (Å²) in [6, 6.07) is 1.08. The third kappa shape index (κ3) is 2.76. The van der Waals surface area contributed by atoms with Gasteiger partial charge in [-0.15, -0.1) is 0 Å². The zero-order chi connectivity index (χ0) is 11.5. The third-order valence-electron chi connectivity index (χ3n) is 4.33. The van der Waals surface area contributed by atoms with Crippen LogP contribution < -0.4 is 5.32 Å². The highest BCUT2D eigenvalue weighted by atomic mass is 16.4. The average molecular weight is 225 g/mol. The zero-order valence-electron chi connectivity index (χ0n) is 10.1. The van der Waals surface area contributed by atoms with Crippen molar-refractivity contribution < 1.29 is 9.90 Å². The van der Waals surface area contributed by atoms with Gasteiger partial charge in [0.1, 0.15) is 0 Å². The highest BCUT2D eigenvalue weighted by molar-refractivity contribution is 5.70. The van der Waals surface area contributed by atoms with E-state index in [0.29, 0.717) is 12.1 Å². The van der Waals surface area contributed by atoms with Crippen LogP contribution in [0.2, 0.25) is 0 Å². The Morgan fingerprint density at radius 2 is 1.94 bits per heavy atom. The smallest absolute Gasteiger partial charge is 0.306 e. The van der Waals surface area contributed by atoms with E-state index < -0.39 is 5.97 Å². The maximum absolute atomic E-state index is 11.0. The number of hydrogen-bond donors (Lipinski definition) is 2.